The zero-order valence-electron chi connectivity index (χ0n) is 7.14. The summed E-state index contributed by atoms with van der Waals surface area (Å²) in [6, 6.07) is 0. The van der Waals surface area contributed by atoms with Crippen LogP contribution in [0.3, 0.4) is 0 Å². The Labute approximate surface area is 98.6 Å². The number of hydrogen-bond donors (Lipinski definition) is 0. The van der Waals surface area contributed by atoms with Crippen LogP contribution in [0.2, 0.25) is 0 Å². The molecule has 1 unspecified atom stereocenters. The minimum Gasteiger partial charge on any atom is -0.327 e. The third kappa shape index (κ3) is 6.82. The largest absolute Gasteiger partial charge is 0.327 e. The average Bonchev–Trinajstić information content (AvgIpc) is 1.88. The molecule has 0 aliphatic heterocycles. The maximum atomic E-state index is 10.7. The molecule has 1 atom stereocenters. The van der Waals surface area contributed by atoms with E-state index in [0.29, 0.717) is 6.10 Å². The van der Waals surface area contributed by atoms with Gasteiger partial charge in [0.1, 0.15) is 0 Å². The SMILES string of the molecule is C[PH](=O)OC1CCCCC1.[AlH3].[Zn]. The van der Waals surface area contributed by atoms with Crippen molar-refractivity contribution in [2.45, 2.75) is 38.2 Å². The van der Waals surface area contributed by atoms with E-state index in [9.17, 15) is 4.57 Å². The average molecular weight is 258 g/mol. The molecule has 5 heteroatoms. The van der Waals surface area contributed by atoms with Crippen LogP contribution in [-0.2, 0) is 28.6 Å². The summed E-state index contributed by atoms with van der Waals surface area (Å²) in [5.41, 5.74) is 0. The normalized spacial score (nSPS) is 20.4. The van der Waals surface area contributed by atoms with Gasteiger partial charge in [-0.2, -0.15) is 0 Å². The van der Waals surface area contributed by atoms with Crippen molar-refractivity contribution in [2.24, 2.45) is 0 Å². The minimum absolute atomic E-state index is 0. The summed E-state index contributed by atoms with van der Waals surface area (Å²) < 4.78 is 15.9. The molecule has 68 valence electrons. The molecule has 2 nitrogen and oxygen atoms in total. The molecule has 0 aromatic carbocycles. The van der Waals surface area contributed by atoms with Gasteiger partial charge in [0.25, 0.3) is 0 Å². The fourth-order valence-electron chi connectivity index (χ4n) is 1.42. The van der Waals surface area contributed by atoms with Crippen LogP contribution in [0.1, 0.15) is 32.1 Å². The first-order valence-corrected chi connectivity index (χ1v) is 5.78. The fourth-order valence-corrected chi connectivity index (χ4v) is 2.12. The van der Waals surface area contributed by atoms with E-state index in [1.54, 1.807) is 6.66 Å². The van der Waals surface area contributed by atoms with Crippen molar-refractivity contribution in [2.75, 3.05) is 6.66 Å². The van der Waals surface area contributed by atoms with Gasteiger partial charge in [0, 0.05) is 26.1 Å². The summed E-state index contributed by atoms with van der Waals surface area (Å²) in [5, 5.41) is 0. The van der Waals surface area contributed by atoms with Crippen LogP contribution in [0.4, 0.5) is 0 Å². The molecule has 1 rings (SSSR count). The van der Waals surface area contributed by atoms with Gasteiger partial charge in [-0.25, -0.2) is 0 Å². The molecule has 0 saturated heterocycles. The fraction of sp³-hybridized carbons (Fsp3) is 1.00. The maximum Gasteiger partial charge on any atom is 0.188 e. The Balaban J connectivity index is 0. The molecule has 1 aliphatic rings. The molecule has 0 N–H and O–H groups in total. The second-order valence-electron chi connectivity index (χ2n) is 2.87. The van der Waals surface area contributed by atoms with Crippen LogP contribution in [0.5, 0.6) is 0 Å². The molecule has 0 aromatic rings. The zero-order valence-corrected chi connectivity index (χ0v) is 11.1. The molecule has 0 aromatic heterocycles. The monoisotopic (exact) mass is 256 g/mol. The van der Waals surface area contributed by atoms with Gasteiger partial charge in [0.15, 0.2) is 25.4 Å². The summed E-state index contributed by atoms with van der Waals surface area (Å²) in [7, 11) is -1.68. The molecule has 0 amide bonds. The Kier molecular flexibility index (Phi) is 11.7. The Morgan fingerprint density at radius 1 is 1.25 bits per heavy atom. The van der Waals surface area contributed by atoms with Gasteiger partial charge in [-0.15, -0.1) is 0 Å². The van der Waals surface area contributed by atoms with E-state index in [4.69, 9.17) is 4.52 Å². The summed E-state index contributed by atoms with van der Waals surface area (Å²) in [6.07, 6.45) is 6.36. The number of rotatable bonds is 2. The summed E-state index contributed by atoms with van der Waals surface area (Å²) >= 11 is 0. The summed E-state index contributed by atoms with van der Waals surface area (Å²) in [5.74, 6) is 0. The van der Waals surface area contributed by atoms with Gasteiger partial charge in [-0.05, 0) is 12.8 Å². The van der Waals surface area contributed by atoms with Gasteiger partial charge in [-0.1, -0.05) is 19.3 Å². The Morgan fingerprint density at radius 3 is 2.17 bits per heavy atom. The van der Waals surface area contributed by atoms with Crippen LogP contribution in [-0.4, -0.2) is 30.1 Å². The Bertz CT molecular complexity index is 129. The van der Waals surface area contributed by atoms with Crippen LogP contribution in [0.15, 0.2) is 0 Å². The van der Waals surface area contributed by atoms with E-state index < -0.39 is 8.03 Å². The van der Waals surface area contributed by atoms with E-state index in [1.807, 2.05) is 0 Å². The second-order valence-corrected chi connectivity index (χ2v) is 4.09. The first-order chi connectivity index (χ1) is 4.79. The third-order valence-electron chi connectivity index (χ3n) is 1.88. The van der Waals surface area contributed by atoms with Gasteiger partial charge in [-0.3, -0.25) is 4.57 Å². The molecule has 1 fully saturated rings. The molecule has 0 heterocycles. The van der Waals surface area contributed by atoms with E-state index in [-0.39, 0.29) is 36.8 Å². The smallest absolute Gasteiger partial charge is 0.188 e. The van der Waals surface area contributed by atoms with Gasteiger partial charge >= 0.3 is 0 Å². The molecule has 0 radical (unpaired) electrons. The molecular formula is C7H18AlO2PZn. The molecule has 0 bridgehead atoms. The number of hydrogen-bond acceptors (Lipinski definition) is 2. The Morgan fingerprint density at radius 2 is 1.75 bits per heavy atom. The van der Waals surface area contributed by atoms with Crippen molar-refractivity contribution < 1.29 is 28.6 Å². The zero-order chi connectivity index (χ0) is 7.40. The first kappa shape index (κ1) is 15.8. The molecule has 0 spiro atoms. The molecule has 1 aliphatic carbocycles. The van der Waals surface area contributed by atoms with Gasteiger partial charge in [0.2, 0.25) is 0 Å². The molecule has 1 saturated carbocycles. The quantitative estimate of drug-likeness (QED) is 0.550. The van der Waals surface area contributed by atoms with E-state index >= 15 is 0 Å². The maximum absolute atomic E-state index is 10.7. The van der Waals surface area contributed by atoms with Gasteiger partial charge in [0.05, 0.1) is 6.10 Å². The van der Waals surface area contributed by atoms with E-state index in [1.165, 1.54) is 19.3 Å². The predicted octanol–water partition coefficient (Wildman–Crippen LogP) is 1.25. The van der Waals surface area contributed by atoms with E-state index in [0.717, 1.165) is 12.8 Å². The van der Waals surface area contributed by atoms with Crippen molar-refractivity contribution in [1.29, 1.82) is 0 Å². The minimum atomic E-state index is -1.68. The Hall–Kier alpha value is 1.35. The van der Waals surface area contributed by atoms with Crippen molar-refractivity contribution in [3.05, 3.63) is 0 Å². The second kappa shape index (κ2) is 8.92. The van der Waals surface area contributed by atoms with Crippen molar-refractivity contribution in [3.8, 4) is 0 Å². The van der Waals surface area contributed by atoms with E-state index in [2.05, 4.69) is 0 Å². The van der Waals surface area contributed by atoms with Crippen LogP contribution >= 0.6 is 8.03 Å². The predicted molar refractivity (Wildman–Crippen MR) is 52.8 cm³/mol. The molecule has 12 heavy (non-hydrogen) atoms. The first-order valence-electron chi connectivity index (χ1n) is 3.96. The van der Waals surface area contributed by atoms with Crippen LogP contribution in [0.25, 0.3) is 0 Å². The van der Waals surface area contributed by atoms with Gasteiger partial charge < -0.3 is 4.52 Å². The van der Waals surface area contributed by atoms with Crippen molar-refractivity contribution >= 4 is 25.4 Å². The van der Waals surface area contributed by atoms with Crippen LogP contribution < -0.4 is 0 Å². The van der Waals surface area contributed by atoms with Crippen LogP contribution in [0, 0.1) is 0 Å². The van der Waals surface area contributed by atoms with Crippen molar-refractivity contribution in [1.82, 2.24) is 0 Å². The standard InChI is InChI=1S/C7H15O2P.Al.Zn.3H/c1-10(8)9-7-5-3-2-4-6-7;;;;;/h7,10H,2-6H2,1H3;;;;;. The molecular weight excluding hydrogens is 239 g/mol. The third-order valence-corrected chi connectivity index (χ3v) is 2.55. The summed E-state index contributed by atoms with van der Waals surface area (Å²) in [6.45, 7) is 1.67. The topological polar surface area (TPSA) is 26.3 Å². The van der Waals surface area contributed by atoms with Crippen molar-refractivity contribution in [3.63, 3.8) is 0 Å². The summed E-state index contributed by atoms with van der Waals surface area (Å²) in [4.78, 5) is 0.